The summed E-state index contributed by atoms with van der Waals surface area (Å²) in [5.74, 6) is -0.396. The van der Waals surface area contributed by atoms with Crippen molar-refractivity contribution in [2.75, 3.05) is 41.6 Å². The largest absolute Gasteiger partial charge is 0.507 e. The predicted molar refractivity (Wildman–Crippen MR) is 118 cm³/mol. The highest BCUT2D eigenvalue weighted by Gasteiger charge is 2.47. The van der Waals surface area contributed by atoms with Crippen LogP contribution in [0.5, 0.6) is 17.2 Å². The van der Waals surface area contributed by atoms with E-state index >= 15 is 0 Å². The SMILES string of the molecule is COCCCN1C(=O)C(=O)/C(=C(/O)c2cccc(OC)c2)C1c1cccc(OC)c1OC. The summed E-state index contributed by atoms with van der Waals surface area (Å²) >= 11 is 0. The first-order valence-corrected chi connectivity index (χ1v) is 10.1. The number of ether oxygens (including phenoxy) is 4. The molecule has 0 spiro atoms. The van der Waals surface area contributed by atoms with Gasteiger partial charge in [0.15, 0.2) is 11.5 Å². The molecule has 1 N–H and O–H groups in total. The second-order valence-corrected chi connectivity index (χ2v) is 7.15. The van der Waals surface area contributed by atoms with Gasteiger partial charge in [0, 0.05) is 31.4 Å². The molecule has 170 valence electrons. The maximum Gasteiger partial charge on any atom is 0.295 e. The Bertz CT molecular complexity index is 1030. The Hall–Kier alpha value is -3.52. The van der Waals surface area contributed by atoms with Crippen molar-refractivity contribution in [1.29, 1.82) is 0 Å². The lowest BCUT2D eigenvalue weighted by Gasteiger charge is -2.27. The molecule has 1 aliphatic heterocycles. The molecule has 8 heteroatoms. The third kappa shape index (κ3) is 4.27. The Morgan fingerprint density at radius 3 is 2.41 bits per heavy atom. The van der Waals surface area contributed by atoms with Crippen LogP contribution in [0.1, 0.15) is 23.6 Å². The van der Waals surface area contributed by atoms with E-state index < -0.39 is 17.7 Å². The molecule has 0 aromatic heterocycles. The first-order valence-electron chi connectivity index (χ1n) is 10.1. The van der Waals surface area contributed by atoms with Gasteiger partial charge in [0.1, 0.15) is 11.5 Å². The van der Waals surface area contributed by atoms with Crippen molar-refractivity contribution in [1.82, 2.24) is 4.90 Å². The minimum Gasteiger partial charge on any atom is -0.507 e. The van der Waals surface area contributed by atoms with Crippen molar-refractivity contribution in [3.8, 4) is 17.2 Å². The third-order valence-corrected chi connectivity index (χ3v) is 5.36. The fourth-order valence-electron chi connectivity index (χ4n) is 3.87. The van der Waals surface area contributed by atoms with Crippen LogP contribution in [-0.4, -0.2) is 63.3 Å². The lowest BCUT2D eigenvalue weighted by Crippen LogP contribution is -2.31. The fraction of sp³-hybridized carbons (Fsp3) is 0.333. The number of aliphatic hydroxyl groups excluding tert-OH is 1. The zero-order chi connectivity index (χ0) is 23.3. The minimum absolute atomic E-state index is 0.0211. The highest BCUT2D eigenvalue weighted by atomic mass is 16.5. The van der Waals surface area contributed by atoms with Crippen LogP contribution < -0.4 is 14.2 Å². The number of carbonyl (C=O) groups excluding carboxylic acids is 2. The first-order chi connectivity index (χ1) is 15.5. The van der Waals surface area contributed by atoms with Gasteiger partial charge >= 0.3 is 0 Å². The standard InChI is InChI=1S/C24H27NO7/c1-29-13-7-12-25-20(17-10-6-11-18(31-3)23(17)32-4)19(22(27)24(25)28)21(26)15-8-5-9-16(14-15)30-2/h5-6,8-11,14,20,26H,7,12-13H2,1-4H3/b21-19+. The molecule has 1 saturated heterocycles. The zero-order valence-electron chi connectivity index (χ0n) is 18.6. The van der Waals surface area contributed by atoms with Crippen LogP contribution in [0.15, 0.2) is 48.0 Å². The monoisotopic (exact) mass is 441 g/mol. The summed E-state index contributed by atoms with van der Waals surface area (Å²) in [6, 6.07) is 11.0. The molecule has 2 aromatic rings. The van der Waals surface area contributed by atoms with Crippen molar-refractivity contribution in [3.05, 3.63) is 59.2 Å². The van der Waals surface area contributed by atoms with Crippen LogP contribution in [0.4, 0.5) is 0 Å². The van der Waals surface area contributed by atoms with Gasteiger partial charge in [0.2, 0.25) is 0 Å². The number of carbonyl (C=O) groups is 2. The van der Waals surface area contributed by atoms with Crippen molar-refractivity contribution in [3.63, 3.8) is 0 Å². The molecule has 1 amide bonds. The number of amides is 1. The van der Waals surface area contributed by atoms with Gasteiger partial charge in [-0.05, 0) is 24.6 Å². The highest BCUT2D eigenvalue weighted by Crippen LogP contribution is 2.45. The van der Waals surface area contributed by atoms with E-state index in [9.17, 15) is 14.7 Å². The smallest absolute Gasteiger partial charge is 0.295 e. The van der Waals surface area contributed by atoms with E-state index in [1.54, 1.807) is 49.6 Å². The fourth-order valence-corrected chi connectivity index (χ4v) is 3.87. The van der Waals surface area contributed by atoms with Crippen LogP contribution in [0, 0.1) is 0 Å². The summed E-state index contributed by atoms with van der Waals surface area (Å²) in [4.78, 5) is 27.5. The highest BCUT2D eigenvalue weighted by molar-refractivity contribution is 6.46. The molecule has 1 atom stereocenters. The number of hydrogen-bond acceptors (Lipinski definition) is 7. The van der Waals surface area contributed by atoms with Crippen LogP contribution in [0.25, 0.3) is 5.76 Å². The number of rotatable bonds is 9. The molecule has 0 radical (unpaired) electrons. The number of Topliss-reactive ketones (excluding diaryl/α,β-unsaturated/α-hetero) is 1. The Morgan fingerprint density at radius 2 is 1.75 bits per heavy atom. The van der Waals surface area contributed by atoms with E-state index in [-0.39, 0.29) is 17.9 Å². The zero-order valence-corrected chi connectivity index (χ0v) is 18.6. The van der Waals surface area contributed by atoms with Gasteiger partial charge in [0.05, 0.1) is 32.9 Å². The van der Waals surface area contributed by atoms with Gasteiger partial charge in [0.25, 0.3) is 11.7 Å². The Balaban J connectivity index is 2.22. The van der Waals surface area contributed by atoms with E-state index in [1.165, 1.54) is 26.2 Å². The van der Waals surface area contributed by atoms with Gasteiger partial charge in [-0.1, -0.05) is 24.3 Å². The minimum atomic E-state index is -0.858. The molecule has 1 fully saturated rings. The van der Waals surface area contributed by atoms with Gasteiger partial charge in [-0.25, -0.2) is 0 Å². The van der Waals surface area contributed by atoms with E-state index in [2.05, 4.69) is 0 Å². The predicted octanol–water partition coefficient (Wildman–Crippen LogP) is 3.17. The van der Waals surface area contributed by atoms with E-state index in [1.807, 2.05) is 0 Å². The topological polar surface area (TPSA) is 94.5 Å². The quantitative estimate of drug-likeness (QED) is 0.276. The summed E-state index contributed by atoms with van der Waals surface area (Å²) in [7, 11) is 6.07. The van der Waals surface area contributed by atoms with Crippen LogP contribution >= 0.6 is 0 Å². The van der Waals surface area contributed by atoms with Crippen LogP contribution in [0.3, 0.4) is 0 Å². The molecule has 0 aliphatic carbocycles. The van der Waals surface area contributed by atoms with Crippen LogP contribution in [0.2, 0.25) is 0 Å². The molecule has 32 heavy (non-hydrogen) atoms. The summed E-state index contributed by atoms with van der Waals surface area (Å²) in [5, 5.41) is 11.2. The van der Waals surface area contributed by atoms with Crippen molar-refractivity contribution < 1.29 is 33.6 Å². The summed E-state index contributed by atoms with van der Waals surface area (Å²) in [6.07, 6.45) is 0.519. The van der Waals surface area contributed by atoms with Crippen LogP contribution in [-0.2, 0) is 14.3 Å². The Labute approximate surface area is 187 Å². The molecule has 0 saturated carbocycles. The number of methoxy groups -OCH3 is 4. The van der Waals surface area contributed by atoms with Crippen molar-refractivity contribution >= 4 is 17.4 Å². The molecule has 8 nitrogen and oxygen atoms in total. The van der Waals surface area contributed by atoms with Crippen molar-refractivity contribution in [2.45, 2.75) is 12.5 Å². The Kier molecular flexibility index (Phi) is 7.37. The number of likely N-dealkylation sites (tertiary alicyclic amines) is 1. The molecular formula is C24H27NO7. The Morgan fingerprint density at radius 1 is 1.00 bits per heavy atom. The lowest BCUT2D eigenvalue weighted by molar-refractivity contribution is -0.140. The normalized spacial score (nSPS) is 17.5. The van der Waals surface area contributed by atoms with Gasteiger partial charge < -0.3 is 29.0 Å². The lowest BCUT2D eigenvalue weighted by atomic mass is 9.94. The summed E-state index contributed by atoms with van der Waals surface area (Å²) in [6.45, 7) is 0.680. The number of aliphatic hydroxyl groups is 1. The second-order valence-electron chi connectivity index (χ2n) is 7.15. The molecule has 0 bridgehead atoms. The molecule has 2 aromatic carbocycles. The number of benzene rings is 2. The van der Waals surface area contributed by atoms with Gasteiger partial charge in [-0.2, -0.15) is 0 Å². The third-order valence-electron chi connectivity index (χ3n) is 5.36. The molecule has 1 heterocycles. The van der Waals surface area contributed by atoms with E-state index in [0.717, 1.165) is 0 Å². The van der Waals surface area contributed by atoms with Gasteiger partial charge in [-0.15, -0.1) is 0 Å². The first kappa shape index (κ1) is 23.1. The summed E-state index contributed by atoms with van der Waals surface area (Å²) in [5.41, 5.74) is 0.881. The van der Waals surface area contributed by atoms with Crippen molar-refractivity contribution in [2.24, 2.45) is 0 Å². The van der Waals surface area contributed by atoms with E-state index in [4.69, 9.17) is 18.9 Å². The van der Waals surface area contributed by atoms with E-state index in [0.29, 0.717) is 41.4 Å². The second kappa shape index (κ2) is 10.2. The number of nitrogens with zero attached hydrogens (tertiary/aromatic N) is 1. The number of para-hydroxylation sites is 1. The summed E-state index contributed by atoms with van der Waals surface area (Å²) < 4.78 is 21.3. The maximum absolute atomic E-state index is 13.1. The average Bonchev–Trinajstić information content (AvgIpc) is 3.07. The molecule has 3 rings (SSSR count). The maximum atomic E-state index is 13.1. The molecule has 1 unspecified atom stereocenters. The van der Waals surface area contributed by atoms with Gasteiger partial charge in [-0.3, -0.25) is 9.59 Å². The molecular weight excluding hydrogens is 414 g/mol. The number of ketones is 1. The molecule has 1 aliphatic rings. The average molecular weight is 441 g/mol. The number of hydrogen-bond donors (Lipinski definition) is 1.